The Labute approximate surface area is 112 Å². The standard InChI is InChI=1S/C15H17FN2O/c1-2-19-14-5-3-4-13(15(14)17)18-10-11-6-8-12(16)9-7-11/h3-9,18H,2,10,17H2,1H3. The predicted molar refractivity (Wildman–Crippen MR) is 75.8 cm³/mol. The third kappa shape index (κ3) is 3.37. The van der Waals surface area contributed by atoms with Crippen molar-refractivity contribution in [2.24, 2.45) is 0 Å². The minimum absolute atomic E-state index is 0.235. The van der Waals surface area contributed by atoms with Crippen molar-refractivity contribution in [3.8, 4) is 5.75 Å². The highest BCUT2D eigenvalue weighted by Gasteiger charge is 2.05. The summed E-state index contributed by atoms with van der Waals surface area (Å²) < 4.78 is 18.2. The van der Waals surface area contributed by atoms with Crippen LogP contribution in [0.2, 0.25) is 0 Å². The number of halogens is 1. The van der Waals surface area contributed by atoms with Crippen LogP contribution >= 0.6 is 0 Å². The Morgan fingerprint density at radius 2 is 1.89 bits per heavy atom. The minimum atomic E-state index is -0.235. The second-order valence-electron chi connectivity index (χ2n) is 4.13. The van der Waals surface area contributed by atoms with Gasteiger partial charge in [-0.1, -0.05) is 18.2 Å². The Balaban J connectivity index is 2.07. The smallest absolute Gasteiger partial charge is 0.144 e. The fourth-order valence-electron chi connectivity index (χ4n) is 1.78. The number of anilines is 2. The molecule has 19 heavy (non-hydrogen) atoms. The zero-order valence-electron chi connectivity index (χ0n) is 10.8. The summed E-state index contributed by atoms with van der Waals surface area (Å²) in [5, 5.41) is 3.22. The predicted octanol–water partition coefficient (Wildman–Crippen LogP) is 3.42. The van der Waals surface area contributed by atoms with Gasteiger partial charge in [0.2, 0.25) is 0 Å². The molecule has 0 saturated heterocycles. The molecule has 0 amide bonds. The monoisotopic (exact) mass is 260 g/mol. The number of nitrogen functional groups attached to an aromatic ring is 1. The van der Waals surface area contributed by atoms with E-state index < -0.39 is 0 Å². The van der Waals surface area contributed by atoms with Gasteiger partial charge < -0.3 is 15.8 Å². The van der Waals surface area contributed by atoms with Gasteiger partial charge in [0.25, 0.3) is 0 Å². The number of hydrogen-bond donors (Lipinski definition) is 2. The summed E-state index contributed by atoms with van der Waals surface area (Å²) in [7, 11) is 0. The second-order valence-corrected chi connectivity index (χ2v) is 4.13. The van der Waals surface area contributed by atoms with Gasteiger partial charge in [-0.25, -0.2) is 4.39 Å². The molecule has 2 aromatic rings. The molecule has 0 aromatic heterocycles. The van der Waals surface area contributed by atoms with E-state index in [9.17, 15) is 4.39 Å². The van der Waals surface area contributed by atoms with E-state index in [-0.39, 0.29) is 5.82 Å². The maximum Gasteiger partial charge on any atom is 0.144 e. The molecule has 2 aromatic carbocycles. The summed E-state index contributed by atoms with van der Waals surface area (Å²) in [6.07, 6.45) is 0. The van der Waals surface area contributed by atoms with Crippen molar-refractivity contribution in [3.63, 3.8) is 0 Å². The van der Waals surface area contributed by atoms with Crippen LogP contribution in [0.3, 0.4) is 0 Å². The van der Waals surface area contributed by atoms with E-state index in [0.29, 0.717) is 24.6 Å². The number of ether oxygens (including phenoxy) is 1. The molecule has 3 nitrogen and oxygen atoms in total. The van der Waals surface area contributed by atoms with E-state index >= 15 is 0 Å². The summed E-state index contributed by atoms with van der Waals surface area (Å²) in [6, 6.07) is 12.0. The highest BCUT2D eigenvalue weighted by molar-refractivity contribution is 5.72. The lowest BCUT2D eigenvalue weighted by atomic mass is 10.2. The van der Waals surface area contributed by atoms with Crippen LogP contribution in [0.25, 0.3) is 0 Å². The Hall–Kier alpha value is -2.23. The number of nitrogens with one attached hydrogen (secondary N) is 1. The molecule has 4 heteroatoms. The first-order chi connectivity index (χ1) is 9.20. The maximum absolute atomic E-state index is 12.8. The van der Waals surface area contributed by atoms with Crippen LogP contribution in [0.4, 0.5) is 15.8 Å². The average molecular weight is 260 g/mol. The molecule has 0 radical (unpaired) electrons. The average Bonchev–Trinajstić information content (AvgIpc) is 2.42. The highest BCUT2D eigenvalue weighted by Crippen LogP contribution is 2.29. The third-order valence-corrected chi connectivity index (χ3v) is 2.76. The summed E-state index contributed by atoms with van der Waals surface area (Å²) >= 11 is 0. The summed E-state index contributed by atoms with van der Waals surface area (Å²) in [5.74, 6) is 0.438. The molecule has 100 valence electrons. The zero-order valence-corrected chi connectivity index (χ0v) is 10.8. The van der Waals surface area contributed by atoms with Gasteiger partial charge in [0.05, 0.1) is 18.0 Å². The van der Waals surface area contributed by atoms with Gasteiger partial charge >= 0.3 is 0 Å². The molecule has 3 N–H and O–H groups in total. The maximum atomic E-state index is 12.8. The highest BCUT2D eigenvalue weighted by atomic mass is 19.1. The van der Waals surface area contributed by atoms with Gasteiger partial charge in [-0.15, -0.1) is 0 Å². The van der Waals surface area contributed by atoms with Crippen molar-refractivity contribution in [1.82, 2.24) is 0 Å². The van der Waals surface area contributed by atoms with E-state index in [2.05, 4.69) is 5.32 Å². The Kier molecular flexibility index (Phi) is 4.23. The number of hydrogen-bond acceptors (Lipinski definition) is 3. The topological polar surface area (TPSA) is 47.3 Å². The van der Waals surface area contributed by atoms with Crippen molar-refractivity contribution in [2.45, 2.75) is 13.5 Å². The first-order valence-electron chi connectivity index (χ1n) is 6.20. The SMILES string of the molecule is CCOc1cccc(NCc2ccc(F)cc2)c1N. The van der Waals surface area contributed by atoms with Gasteiger partial charge in [0.1, 0.15) is 11.6 Å². The quantitative estimate of drug-likeness (QED) is 0.810. The fraction of sp³-hybridized carbons (Fsp3) is 0.200. The molecule has 0 saturated carbocycles. The Morgan fingerprint density at radius 1 is 1.16 bits per heavy atom. The van der Waals surface area contributed by atoms with Gasteiger partial charge in [-0.3, -0.25) is 0 Å². The van der Waals surface area contributed by atoms with Gasteiger partial charge in [-0.05, 0) is 36.8 Å². The summed E-state index contributed by atoms with van der Waals surface area (Å²) in [5.41, 5.74) is 8.40. The lowest BCUT2D eigenvalue weighted by Crippen LogP contribution is -2.04. The number of benzene rings is 2. The largest absolute Gasteiger partial charge is 0.492 e. The van der Waals surface area contributed by atoms with E-state index in [0.717, 1.165) is 11.3 Å². The number of para-hydroxylation sites is 1. The second kappa shape index (κ2) is 6.09. The van der Waals surface area contributed by atoms with Crippen LogP contribution in [-0.2, 0) is 6.54 Å². The molecular weight excluding hydrogens is 243 g/mol. The number of rotatable bonds is 5. The van der Waals surface area contributed by atoms with Crippen LogP contribution in [0, 0.1) is 5.82 Å². The Morgan fingerprint density at radius 3 is 2.58 bits per heavy atom. The molecule has 0 unspecified atom stereocenters. The lowest BCUT2D eigenvalue weighted by Gasteiger charge is -2.13. The summed E-state index contributed by atoms with van der Waals surface area (Å²) in [6.45, 7) is 3.07. The normalized spacial score (nSPS) is 10.2. The first-order valence-corrected chi connectivity index (χ1v) is 6.20. The zero-order chi connectivity index (χ0) is 13.7. The van der Waals surface area contributed by atoms with Crippen LogP contribution in [0.5, 0.6) is 5.75 Å². The first kappa shape index (κ1) is 13.2. The van der Waals surface area contributed by atoms with Crippen molar-refractivity contribution in [2.75, 3.05) is 17.7 Å². The molecule has 2 rings (SSSR count). The molecule has 0 bridgehead atoms. The van der Waals surface area contributed by atoms with Crippen molar-refractivity contribution < 1.29 is 9.13 Å². The lowest BCUT2D eigenvalue weighted by molar-refractivity contribution is 0.342. The molecular formula is C15H17FN2O. The van der Waals surface area contributed by atoms with Crippen molar-refractivity contribution >= 4 is 11.4 Å². The molecule has 0 heterocycles. The molecule has 0 fully saturated rings. The van der Waals surface area contributed by atoms with Crippen molar-refractivity contribution in [3.05, 3.63) is 53.8 Å². The van der Waals surface area contributed by atoms with Crippen LogP contribution in [0.15, 0.2) is 42.5 Å². The van der Waals surface area contributed by atoms with E-state index in [1.807, 2.05) is 25.1 Å². The minimum Gasteiger partial charge on any atom is -0.492 e. The summed E-state index contributed by atoms with van der Waals surface area (Å²) in [4.78, 5) is 0. The molecule has 0 aliphatic heterocycles. The van der Waals surface area contributed by atoms with Crippen LogP contribution in [0.1, 0.15) is 12.5 Å². The molecule has 0 aliphatic carbocycles. The van der Waals surface area contributed by atoms with Gasteiger partial charge in [-0.2, -0.15) is 0 Å². The van der Waals surface area contributed by atoms with E-state index in [4.69, 9.17) is 10.5 Å². The third-order valence-electron chi connectivity index (χ3n) is 2.76. The fourth-order valence-corrected chi connectivity index (χ4v) is 1.78. The van der Waals surface area contributed by atoms with Gasteiger partial charge in [0.15, 0.2) is 0 Å². The van der Waals surface area contributed by atoms with E-state index in [1.54, 1.807) is 12.1 Å². The van der Waals surface area contributed by atoms with Crippen LogP contribution in [-0.4, -0.2) is 6.61 Å². The number of nitrogens with two attached hydrogens (primary N) is 1. The molecule has 0 spiro atoms. The van der Waals surface area contributed by atoms with E-state index in [1.165, 1.54) is 12.1 Å². The van der Waals surface area contributed by atoms with Crippen LogP contribution < -0.4 is 15.8 Å². The Bertz CT molecular complexity index is 540. The molecule has 0 aliphatic rings. The molecule has 0 atom stereocenters. The van der Waals surface area contributed by atoms with Gasteiger partial charge in [0, 0.05) is 6.54 Å². The van der Waals surface area contributed by atoms with Crippen molar-refractivity contribution in [1.29, 1.82) is 0 Å².